The number of pyridine rings is 1. The third-order valence-corrected chi connectivity index (χ3v) is 3.79. The molecule has 1 saturated heterocycles. The monoisotopic (exact) mass is 270 g/mol. The molecule has 5 heteroatoms. The van der Waals surface area contributed by atoms with Gasteiger partial charge >= 0.3 is 0 Å². The normalized spacial score (nSPS) is 19.0. The second-order valence-corrected chi connectivity index (χ2v) is 5.19. The first-order valence-corrected chi connectivity index (χ1v) is 7.00. The lowest BCUT2D eigenvalue weighted by molar-refractivity contribution is -0.131. The molecule has 5 nitrogen and oxygen atoms in total. The molecule has 0 aliphatic carbocycles. The van der Waals surface area contributed by atoms with Crippen LogP contribution >= 0.6 is 0 Å². The summed E-state index contributed by atoms with van der Waals surface area (Å²) in [5.41, 5.74) is 1.96. The second kappa shape index (κ2) is 5.86. The molecule has 104 valence electrons. The van der Waals surface area contributed by atoms with Crippen molar-refractivity contribution in [2.24, 2.45) is 0 Å². The number of piperidine rings is 1. The predicted octanol–water partition coefficient (Wildman–Crippen LogP) is 1.75. The molecule has 2 aromatic heterocycles. The van der Waals surface area contributed by atoms with E-state index in [0.717, 1.165) is 37.3 Å². The smallest absolute Gasteiger partial charge is 0.228 e. The van der Waals surface area contributed by atoms with Gasteiger partial charge in [0.15, 0.2) is 0 Å². The number of carbonyl (C=O) groups is 1. The first-order valence-electron chi connectivity index (χ1n) is 7.00. The van der Waals surface area contributed by atoms with Gasteiger partial charge in [-0.3, -0.25) is 14.9 Å². The minimum absolute atomic E-state index is 0.160. The molecule has 1 aliphatic rings. The molecule has 0 spiro atoms. The molecule has 0 saturated carbocycles. The van der Waals surface area contributed by atoms with Crippen LogP contribution in [0.25, 0.3) is 0 Å². The van der Waals surface area contributed by atoms with Gasteiger partial charge in [-0.2, -0.15) is 5.10 Å². The molecule has 0 aromatic carbocycles. The Morgan fingerprint density at radius 3 is 3.05 bits per heavy atom. The van der Waals surface area contributed by atoms with E-state index < -0.39 is 0 Å². The Bertz CT molecular complexity index is 553. The quantitative estimate of drug-likeness (QED) is 0.924. The van der Waals surface area contributed by atoms with E-state index in [0.29, 0.717) is 12.3 Å². The molecule has 20 heavy (non-hydrogen) atoms. The zero-order valence-electron chi connectivity index (χ0n) is 11.3. The van der Waals surface area contributed by atoms with Crippen LogP contribution < -0.4 is 0 Å². The van der Waals surface area contributed by atoms with Crippen molar-refractivity contribution < 1.29 is 4.79 Å². The van der Waals surface area contributed by atoms with Crippen molar-refractivity contribution >= 4 is 5.91 Å². The standard InChI is InChI=1S/C15H18N4O/c20-15(10-13-5-1-2-7-16-13)19-9-3-4-12(11-19)14-6-8-17-18-14/h1-2,5-8,12H,3-4,9-11H2,(H,17,18)/t12-/m1/s1. The fourth-order valence-electron chi connectivity index (χ4n) is 2.72. The lowest BCUT2D eigenvalue weighted by Gasteiger charge is -2.32. The van der Waals surface area contributed by atoms with Gasteiger partial charge in [-0.15, -0.1) is 0 Å². The van der Waals surface area contributed by atoms with Crippen molar-refractivity contribution in [1.29, 1.82) is 0 Å². The highest BCUT2D eigenvalue weighted by Crippen LogP contribution is 2.25. The molecule has 2 aromatic rings. The van der Waals surface area contributed by atoms with Gasteiger partial charge in [0, 0.05) is 42.8 Å². The Hall–Kier alpha value is -2.17. The number of hydrogen-bond acceptors (Lipinski definition) is 3. The number of amides is 1. The van der Waals surface area contributed by atoms with Crippen molar-refractivity contribution in [3.63, 3.8) is 0 Å². The Labute approximate surface area is 118 Å². The minimum Gasteiger partial charge on any atom is -0.342 e. The zero-order valence-corrected chi connectivity index (χ0v) is 11.3. The van der Waals surface area contributed by atoms with E-state index in [2.05, 4.69) is 15.2 Å². The van der Waals surface area contributed by atoms with Gasteiger partial charge in [0.25, 0.3) is 0 Å². The van der Waals surface area contributed by atoms with Crippen LogP contribution in [0, 0.1) is 0 Å². The fourth-order valence-corrected chi connectivity index (χ4v) is 2.72. The number of aromatic amines is 1. The fraction of sp³-hybridized carbons (Fsp3) is 0.400. The lowest BCUT2D eigenvalue weighted by Crippen LogP contribution is -2.40. The molecule has 1 N–H and O–H groups in total. The summed E-state index contributed by atoms with van der Waals surface area (Å²) in [7, 11) is 0. The molecule has 0 radical (unpaired) electrons. The lowest BCUT2D eigenvalue weighted by atomic mass is 9.94. The number of likely N-dealkylation sites (tertiary alicyclic amines) is 1. The highest BCUT2D eigenvalue weighted by molar-refractivity contribution is 5.78. The molecule has 1 amide bonds. The third-order valence-electron chi connectivity index (χ3n) is 3.79. The Morgan fingerprint density at radius 1 is 1.35 bits per heavy atom. The van der Waals surface area contributed by atoms with Gasteiger partial charge in [0.05, 0.1) is 6.42 Å². The predicted molar refractivity (Wildman–Crippen MR) is 75.1 cm³/mol. The number of H-pyrrole nitrogens is 1. The molecule has 0 unspecified atom stereocenters. The summed E-state index contributed by atoms with van der Waals surface area (Å²) < 4.78 is 0. The maximum atomic E-state index is 12.3. The Balaban J connectivity index is 1.63. The topological polar surface area (TPSA) is 61.9 Å². The number of rotatable bonds is 3. The molecular weight excluding hydrogens is 252 g/mol. The minimum atomic E-state index is 0.160. The first kappa shape index (κ1) is 12.8. The SMILES string of the molecule is O=C(Cc1ccccn1)N1CCC[C@@H](c2ccn[nH]2)C1. The van der Waals surface area contributed by atoms with Crippen molar-refractivity contribution in [2.45, 2.75) is 25.2 Å². The van der Waals surface area contributed by atoms with Crippen molar-refractivity contribution in [3.8, 4) is 0 Å². The van der Waals surface area contributed by atoms with Crippen LogP contribution in [0.3, 0.4) is 0 Å². The van der Waals surface area contributed by atoms with E-state index in [1.165, 1.54) is 0 Å². The molecular formula is C15H18N4O. The van der Waals surface area contributed by atoms with Gasteiger partial charge in [-0.25, -0.2) is 0 Å². The van der Waals surface area contributed by atoms with E-state index in [4.69, 9.17) is 0 Å². The zero-order chi connectivity index (χ0) is 13.8. The molecule has 0 bridgehead atoms. The highest BCUT2D eigenvalue weighted by Gasteiger charge is 2.25. The van der Waals surface area contributed by atoms with Crippen LogP contribution in [0.2, 0.25) is 0 Å². The summed E-state index contributed by atoms with van der Waals surface area (Å²) in [5, 5.41) is 7.01. The van der Waals surface area contributed by atoms with Gasteiger partial charge in [0.1, 0.15) is 0 Å². The van der Waals surface area contributed by atoms with Crippen LogP contribution in [-0.2, 0) is 11.2 Å². The van der Waals surface area contributed by atoms with Crippen LogP contribution in [0.15, 0.2) is 36.7 Å². The van der Waals surface area contributed by atoms with Gasteiger partial charge in [-0.1, -0.05) is 6.07 Å². The summed E-state index contributed by atoms with van der Waals surface area (Å²) in [5.74, 6) is 0.534. The third kappa shape index (κ3) is 2.87. The van der Waals surface area contributed by atoms with E-state index in [1.807, 2.05) is 29.2 Å². The van der Waals surface area contributed by atoms with Crippen LogP contribution in [-0.4, -0.2) is 39.1 Å². The van der Waals surface area contributed by atoms with Gasteiger partial charge < -0.3 is 4.90 Å². The van der Waals surface area contributed by atoms with Crippen molar-refractivity contribution in [2.75, 3.05) is 13.1 Å². The van der Waals surface area contributed by atoms with E-state index in [-0.39, 0.29) is 5.91 Å². The molecule has 1 fully saturated rings. The van der Waals surface area contributed by atoms with E-state index >= 15 is 0 Å². The number of nitrogens with one attached hydrogen (secondary N) is 1. The molecule has 1 atom stereocenters. The highest BCUT2D eigenvalue weighted by atomic mass is 16.2. The molecule has 3 rings (SSSR count). The molecule has 1 aliphatic heterocycles. The number of nitrogens with zero attached hydrogens (tertiary/aromatic N) is 3. The van der Waals surface area contributed by atoms with Gasteiger partial charge in [0.2, 0.25) is 5.91 Å². The van der Waals surface area contributed by atoms with Crippen LogP contribution in [0.5, 0.6) is 0 Å². The first-order chi connectivity index (χ1) is 9.83. The van der Waals surface area contributed by atoms with Gasteiger partial charge in [-0.05, 0) is 31.0 Å². The summed E-state index contributed by atoms with van der Waals surface area (Å²) in [6.07, 6.45) is 6.03. The van der Waals surface area contributed by atoms with Crippen molar-refractivity contribution in [3.05, 3.63) is 48.0 Å². The number of aromatic nitrogens is 3. The van der Waals surface area contributed by atoms with E-state index in [1.54, 1.807) is 12.4 Å². The maximum Gasteiger partial charge on any atom is 0.228 e. The average molecular weight is 270 g/mol. The Morgan fingerprint density at radius 2 is 2.30 bits per heavy atom. The number of hydrogen-bond donors (Lipinski definition) is 1. The maximum absolute atomic E-state index is 12.3. The van der Waals surface area contributed by atoms with Crippen LogP contribution in [0.1, 0.15) is 30.1 Å². The van der Waals surface area contributed by atoms with E-state index in [9.17, 15) is 4.79 Å². The van der Waals surface area contributed by atoms with Crippen LogP contribution in [0.4, 0.5) is 0 Å². The summed E-state index contributed by atoms with van der Waals surface area (Å²) in [6.45, 7) is 1.62. The summed E-state index contributed by atoms with van der Waals surface area (Å²) in [6, 6.07) is 7.67. The molecule has 3 heterocycles. The largest absolute Gasteiger partial charge is 0.342 e. The summed E-state index contributed by atoms with van der Waals surface area (Å²) >= 11 is 0. The average Bonchev–Trinajstić information content (AvgIpc) is 3.03. The second-order valence-electron chi connectivity index (χ2n) is 5.19. The Kier molecular flexibility index (Phi) is 3.76. The number of carbonyl (C=O) groups excluding carboxylic acids is 1. The van der Waals surface area contributed by atoms with Crippen molar-refractivity contribution in [1.82, 2.24) is 20.1 Å². The summed E-state index contributed by atoms with van der Waals surface area (Å²) in [4.78, 5) is 18.5.